The minimum Gasteiger partial charge on any atom is -0.365 e. The average molecular weight is 515 g/mol. The highest BCUT2D eigenvalue weighted by Gasteiger charge is 2.22. The number of pyridine rings is 1. The maximum atomic E-state index is 13.2. The van der Waals surface area contributed by atoms with Crippen LogP contribution in [-0.4, -0.2) is 39.7 Å². The molecule has 0 fully saturated rings. The maximum absolute atomic E-state index is 13.2. The van der Waals surface area contributed by atoms with Crippen molar-refractivity contribution in [3.05, 3.63) is 95.0 Å². The van der Waals surface area contributed by atoms with E-state index in [1.165, 1.54) is 40.5 Å². The molecule has 0 radical (unpaired) electrons. The van der Waals surface area contributed by atoms with E-state index in [4.69, 9.17) is 5.73 Å². The largest absolute Gasteiger partial charge is 0.365 e. The molecule has 184 valence electrons. The van der Waals surface area contributed by atoms with Crippen LogP contribution in [0, 0.1) is 5.82 Å². The number of nitrogens with one attached hydrogen (secondary N) is 2. The van der Waals surface area contributed by atoms with Crippen LogP contribution in [0.25, 0.3) is 21.5 Å². The number of nitrogens with two attached hydrogens (primary N) is 1. The highest BCUT2D eigenvalue weighted by atomic mass is 32.1. The Labute approximate surface area is 213 Å². The lowest BCUT2D eigenvalue weighted by molar-refractivity contribution is 0.0987. The van der Waals surface area contributed by atoms with Crippen molar-refractivity contribution in [2.24, 2.45) is 5.73 Å². The van der Waals surface area contributed by atoms with Crippen LogP contribution >= 0.6 is 11.3 Å². The number of amides is 3. The van der Waals surface area contributed by atoms with Gasteiger partial charge in [-0.1, -0.05) is 0 Å². The van der Waals surface area contributed by atoms with Crippen molar-refractivity contribution in [3.8, 4) is 10.6 Å². The first-order valence-electron chi connectivity index (χ1n) is 11.0. The molecule has 0 aliphatic heterocycles. The molecule has 0 aliphatic rings. The summed E-state index contributed by atoms with van der Waals surface area (Å²) in [6.07, 6.45) is 3.28. The first kappa shape index (κ1) is 23.8. The van der Waals surface area contributed by atoms with Crippen LogP contribution in [0.4, 0.5) is 15.9 Å². The lowest BCUT2D eigenvalue weighted by Gasteiger charge is -2.17. The maximum Gasteiger partial charge on any atom is 0.276 e. The van der Waals surface area contributed by atoms with Crippen molar-refractivity contribution in [2.75, 3.05) is 17.3 Å². The van der Waals surface area contributed by atoms with E-state index in [9.17, 15) is 18.8 Å². The van der Waals surface area contributed by atoms with Crippen molar-refractivity contribution in [2.45, 2.75) is 0 Å². The summed E-state index contributed by atoms with van der Waals surface area (Å²) < 4.78 is 13.2. The Morgan fingerprint density at radius 3 is 2.49 bits per heavy atom. The predicted octanol–water partition coefficient (Wildman–Crippen LogP) is 4.45. The molecule has 3 heterocycles. The van der Waals surface area contributed by atoms with Crippen LogP contribution in [0.5, 0.6) is 0 Å². The number of aromatic nitrogens is 3. The molecule has 5 rings (SSSR count). The topological polar surface area (TPSA) is 134 Å². The van der Waals surface area contributed by atoms with E-state index in [-0.39, 0.29) is 23.0 Å². The molecule has 0 atom stereocenters. The van der Waals surface area contributed by atoms with E-state index in [0.29, 0.717) is 27.2 Å². The molecule has 5 aromatic rings. The lowest BCUT2D eigenvalue weighted by atomic mass is 10.1. The number of rotatable bonds is 6. The fourth-order valence-electron chi connectivity index (χ4n) is 3.83. The van der Waals surface area contributed by atoms with Crippen molar-refractivity contribution in [3.63, 3.8) is 0 Å². The number of hydrogen-bond donors (Lipinski definition) is 3. The van der Waals surface area contributed by atoms with Gasteiger partial charge < -0.3 is 20.9 Å². The number of thiazole rings is 1. The monoisotopic (exact) mass is 514 g/mol. The number of carbonyl (C=O) groups is 3. The molecular weight excluding hydrogens is 495 g/mol. The lowest BCUT2D eigenvalue weighted by Crippen LogP contribution is -2.26. The zero-order chi connectivity index (χ0) is 26.1. The third-order valence-corrected chi connectivity index (χ3v) is 6.61. The van der Waals surface area contributed by atoms with Crippen LogP contribution in [-0.2, 0) is 0 Å². The van der Waals surface area contributed by atoms with Crippen molar-refractivity contribution >= 4 is 51.5 Å². The minimum atomic E-state index is -0.735. The number of H-pyrrole nitrogens is 1. The number of fused-ring (bicyclic) bond motifs is 1. The fraction of sp³-hybridized carbons (Fsp3) is 0.0385. The number of anilines is 2. The zero-order valence-corrected chi connectivity index (χ0v) is 20.2. The van der Waals surface area contributed by atoms with Gasteiger partial charge in [-0.2, -0.15) is 0 Å². The van der Waals surface area contributed by atoms with Crippen molar-refractivity contribution in [1.82, 2.24) is 15.0 Å². The van der Waals surface area contributed by atoms with Gasteiger partial charge in [0.2, 0.25) is 0 Å². The van der Waals surface area contributed by atoms with E-state index in [2.05, 4.69) is 20.3 Å². The first-order chi connectivity index (χ1) is 17.8. The van der Waals surface area contributed by atoms with E-state index < -0.39 is 17.6 Å². The molecule has 0 bridgehead atoms. The molecule has 3 amide bonds. The Kier molecular flexibility index (Phi) is 6.20. The number of halogens is 1. The number of benzene rings is 2. The predicted molar refractivity (Wildman–Crippen MR) is 139 cm³/mol. The Balaban J connectivity index is 1.43. The molecule has 0 spiro atoms. The molecule has 11 heteroatoms. The van der Waals surface area contributed by atoms with Crippen LogP contribution < -0.4 is 16.0 Å². The number of nitrogens with zero attached hydrogens (tertiary/aromatic N) is 3. The van der Waals surface area contributed by atoms with Gasteiger partial charge in [0.05, 0.1) is 5.56 Å². The summed E-state index contributed by atoms with van der Waals surface area (Å²) in [5.74, 6) is -1.92. The van der Waals surface area contributed by atoms with Crippen molar-refractivity contribution in [1.29, 1.82) is 0 Å². The standard InChI is InChI=1S/C26H19FN6O3S/c1-33(26(36)15-2-4-16(27)5-3-15)17-6-7-18-19(12-17)30-23(21(18)22(28)34)32-24(35)20-13-37-25(31-20)14-8-10-29-11-9-14/h2-13,30H,1H3,(H2,28,34)(H,32,35). The Morgan fingerprint density at radius 1 is 1.05 bits per heavy atom. The molecule has 0 saturated heterocycles. The SMILES string of the molecule is CN(C(=O)c1ccc(F)cc1)c1ccc2c(C(N)=O)c(NC(=O)c3csc(-c4ccncc4)n3)[nH]c2c1. The second kappa shape index (κ2) is 9.63. The van der Waals surface area contributed by atoms with E-state index in [0.717, 1.165) is 5.56 Å². The normalized spacial score (nSPS) is 10.9. The van der Waals surface area contributed by atoms with Gasteiger partial charge in [-0.15, -0.1) is 11.3 Å². The van der Waals surface area contributed by atoms with Gasteiger partial charge in [0, 0.05) is 52.5 Å². The zero-order valence-electron chi connectivity index (χ0n) is 19.4. The second-order valence-corrected chi connectivity index (χ2v) is 8.93. The third kappa shape index (κ3) is 4.67. The van der Waals surface area contributed by atoms with Gasteiger partial charge in [0.1, 0.15) is 22.3 Å². The van der Waals surface area contributed by atoms with Gasteiger partial charge in [0.15, 0.2) is 0 Å². The highest BCUT2D eigenvalue weighted by Crippen LogP contribution is 2.30. The number of aromatic amines is 1. The van der Waals surface area contributed by atoms with Crippen LogP contribution in [0.3, 0.4) is 0 Å². The fourth-order valence-corrected chi connectivity index (χ4v) is 4.64. The molecule has 3 aromatic heterocycles. The highest BCUT2D eigenvalue weighted by molar-refractivity contribution is 7.13. The summed E-state index contributed by atoms with van der Waals surface area (Å²) in [6.45, 7) is 0. The van der Waals surface area contributed by atoms with Crippen molar-refractivity contribution < 1.29 is 18.8 Å². The minimum absolute atomic E-state index is 0.104. The van der Waals surface area contributed by atoms with Crippen LogP contribution in [0.1, 0.15) is 31.2 Å². The third-order valence-electron chi connectivity index (χ3n) is 5.71. The summed E-state index contributed by atoms with van der Waals surface area (Å²) in [6, 6.07) is 13.8. The van der Waals surface area contributed by atoms with Gasteiger partial charge in [-0.25, -0.2) is 9.37 Å². The van der Waals surface area contributed by atoms with Crippen LogP contribution in [0.15, 0.2) is 72.4 Å². The van der Waals surface area contributed by atoms with E-state index in [1.807, 2.05) is 0 Å². The molecule has 4 N–H and O–H groups in total. The molecule has 2 aromatic carbocycles. The first-order valence-corrected chi connectivity index (χ1v) is 11.9. The summed E-state index contributed by atoms with van der Waals surface area (Å²) in [5.41, 5.74) is 8.05. The number of hydrogen-bond acceptors (Lipinski definition) is 6. The summed E-state index contributed by atoms with van der Waals surface area (Å²) >= 11 is 1.30. The van der Waals surface area contributed by atoms with Gasteiger partial charge in [-0.05, 0) is 54.6 Å². The Bertz CT molecular complexity index is 1650. The molecule has 9 nitrogen and oxygen atoms in total. The Morgan fingerprint density at radius 2 is 1.78 bits per heavy atom. The van der Waals surface area contributed by atoms with Gasteiger partial charge in [0.25, 0.3) is 17.7 Å². The van der Waals surface area contributed by atoms with E-state index in [1.54, 1.807) is 55.2 Å². The molecule has 0 aliphatic carbocycles. The van der Waals surface area contributed by atoms with E-state index >= 15 is 0 Å². The summed E-state index contributed by atoms with van der Waals surface area (Å²) in [5, 5.41) is 5.43. The molecule has 0 unspecified atom stereocenters. The van der Waals surface area contributed by atoms with Gasteiger partial charge >= 0.3 is 0 Å². The molecule has 37 heavy (non-hydrogen) atoms. The smallest absolute Gasteiger partial charge is 0.276 e. The summed E-state index contributed by atoms with van der Waals surface area (Å²) in [4.78, 5) is 50.8. The quantitative estimate of drug-likeness (QED) is 0.308. The number of carbonyl (C=O) groups excluding carboxylic acids is 3. The van der Waals surface area contributed by atoms with Gasteiger partial charge in [-0.3, -0.25) is 19.4 Å². The molecule has 0 saturated carbocycles. The second-order valence-electron chi connectivity index (χ2n) is 8.07. The Hall–Kier alpha value is -4.90. The number of primary amides is 1. The average Bonchev–Trinajstić information content (AvgIpc) is 3.53. The van der Waals surface area contributed by atoms with Crippen LogP contribution in [0.2, 0.25) is 0 Å². The summed E-state index contributed by atoms with van der Waals surface area (Å²) in [7, 11) is 1.58. The molecular formula is C26H19FN6O3S.